The molecule has 1 saturated carbocycles. The smallest absolute Gasteiger partial charge is 0.0595 e. The summed E-state index contributed by atoms with van der Waals surface area (Å²) in [6.07, 6.45) is 4.99. The Morgan fingerprint density at radius 3 is 2.70 bits per heavy atom. The van der Waals surface area contributed by atoms with Gasteiger partial charge < -0.3 is 5.32 Å². The molecule has 1 aromatic carbocycles. The maximum Gasteiger partial charge on any atom is 0.0595 e. The molecule has 1 nitrogen and oxygen atoms in total. The van der Waals surface area contributed by atoms with Crippen molar-refractivity contribution in [3.05, 3.63) is 33.8 Å². The summed E-state index contributed by atoms with van der Waals surface area (Å²) in [7, 11) is 0. The van der Waals surface area contributed by atoms with Crippen molar-refractivity contribution in [2.24, 2.45) is 0 Å². The van der Waals surface area contributed by atoms with Gasteiger partial charge >= 0.3 is 0 Å². The van der Waals surface area contributed by atoms with E-state index in [0.717, 1.165) is 11.7 Å². The fourth-order valence-corrected chi connectivity index (χ4v) is 4.39. The molecule has 0 bridgehead atoms. The van der Waals surface area contributed by atoms with Crippen molar-refractivity contribution in [2.45, 2.75) is 56.9 Å². The van der Waals surface area contributed by atoms with Crippen LogP contribution in [0.15, 0.2) is 18.2 Å². The van der Waals surface area contributed by atoms with Crippen molar-refractivity contribution in [1.82, 2.24) is 5.32 Å². The molecule has 1 N–H and O–H groups in total. The molecule has 0 radical (unpaired) electrons. The molecule has 3 unspecified atom stereocenters. The van der Waals surface area contributed by atoms with Crippen LogP contribution in [-0.2, 0) is 0 Å². The van der Waals surface area contributed by atoms with E-state index in [1.54, 1.807) is 0 Å². The van der Waals surface area contributed by atoms with Crippen LogP contribution in [0.4, 0.5) is 0 Å². The molecule has 3 atom stereocenters. The number of benzene rings is 1. The van der Waals surface area contributed by atoms with Crippen molar-refractivity contribution in [1.29, 1.82) is 0 Å². The van der Waals surface area contributed by atoms with Crippen LogP contribution in [0.2, 0.25) is 10.0 Å². The second-order valence-corrected chi connectivity index (χ2v) is 7.78. The van der Waals surface area contributed by atoms with Gasteiger partial charge in [0.25, 0.3) is 0 Å². The van der Waals surface area contributed by atoms with Crippen LogP contribution < -0.4 is 5.32 Å². The zero-order chi connectivity index (χ0) is 14.5. The normalized spacial score (nSPS) is 24.0. The Bertz CT molecular complexity index is 438. The molecular weight excluding hydrogens is 309 g/mol. The molecule has 4 heteroatoms. The standard InChI is InChI=1S/C16H23Cl2NS/c1-3-16(11-5-8-14(17)15(18)9-11)19-12-6-7-13(10-12)20-4-2/h5,8-9,12-13,16,19H,3-4,6-7,10H2,1-2H3. The summed E-state index contributed by atoms with van der Waals surface area (Å²) in [4.78, 5) is 0. The van der Waals surface area contributed by atoms with Gasteiger partial charge in [-0.1, -0.05) is 43.1 Å². The van der Waals surface area contributed by atoms with E-state index >= 15 is 0 Å². The van der Waals surface area contributed by atoms with Crippen LogP contribution in [0.5, 0.6) is 0 Å². The van der Waals surface area contributed by atoms with E-state index in [1.807, 2.05) is 12.1 Å². The first kappa shape index (κ1) is 16.5. The third-order valence-corrected chi connectivity index (χ3v) is 5.95. The van der Waals surface area contributed by atoms with Crippen molar-refractivity contribution in [3.63, 3.8) is 0 Å². The Morgan fingerprint density at radius 2 is 2.05 bits per heavy atom. The lowest BCUT2D eigenvalue weighted by atomic mass is 10.0. The maximum absolute atomic E-state index is 6.13. The summed E-state index contributed by atoms with van der Waals surface area (Å²) >= 11 is 14.2. The summed E-state index contributed by atoms with van der Waals surface area (Å²) in [6, 6.07) is 6.99. The lowest BCUT2D eigenvalue weighted by molar-refractivity contribution is 0.431. The molecule has 112 valence electrons. The van der Waals surface area contributed by atoms with Gasteiger partial charge in [-0.3, -0.25) is 0 Å². The van der Waals surface area contributed by atoms with E-state index in [0.29, 0.717) is 22.1 Å². The average molecular weight is 332 g/mol. The molecule has 0 heterocycles. The Morgan fingerprint density at radius 1 is 1.25 bits per heavy atom. The van der Waals surface area contributed by atoms with Crippen LogP contribution in [0.25, 0.3) is 0 Å². The van der Waals surface area contributed by atoms with Crippen molar-refractivity contribution in [3.8, 4) is 0 Å². The number of hydrogen-bond donors (Lipinski definition) is 1. The molecule has 0 aromatic heterocycles. The monoisotopic (exact) mass is 331 g/mol. The van der Waals surface area contributed by atoms with Gasteiger partial charge in [0.2, 0.25) is 0 Å². The molecule has 0 saturated heterocycles. The second-order valence-electron chi connectivity index (χ2n) is 5.39. The van der Waals surface area contributed by atoms with Gasteiger partial charge in [-0.05, 0) is 49.1 Å². The Balaban J connectivity index is 1.97. The van der Waals surface area contributed by atoms with E-state index in [1.165, 1.54) is 30.6 Å². The van der Waals surface area contributed by atoms with Gasteiger partial charge in [0.05, 0.1) is 10.0 Å². The molecule has 1 aliphatic carbocycles. The first-order chi connectivity index (χ1) is 9.63. The predicted octanol–water partition coefficient (Wildman–Crippen LogP) is 5.71. The van der Waals surface area contributed by atoms with Gasteiger partial charge in [0.15, 0.2) is 0 Å². The number of halogens is 2. The maximum atomic E-state index is 6.13. The number of thioether (sulfide) groups is 1. The average Bonchev–Trinajstić information content (AvgIpc) is 2.87. The van der Waals surface area contributed by atoms with Crippen molar-refractivity contribution in [2.75, 3.05) is 5.75 Å². The van der Waals surface area contributed by atoms with Crippen LogP contribution in [0, 0.1) is 0 Å². The Hall–Kier alpha value is 0.110. The minimum atomic E-state index is 0.375. The predicted molar refractivity (Wildman–Crippen MR) is 92.2 cm³/mol. The second kappa shape index (κ2) is 7.93. The van der Waals surface area contributed by atoms with E-state index in [-0.39, 0.29) is 0 Å². The number of rotatable bonds is 6. The van der Waals surface area contributed by atoms with Crippen LogP contribution in [0.3, 0.4) is 0 Å². The third-order valence-electron chi connectivity index (χ3n) is 3.98. The lowest BCUT2D eigenvalue weighted by Gasteiger charge is -2.23. The summed E-state index contributed by atoms with van der Waals surface area (Å²) in [6.45, 7) is 4.46. The third kappa shape index (κ3) is 4.30. The van der Waals surface area contributed by atoms with E-state index in [4.69, 9.17) is 23.2 Å². The van der Waals surface area contributed by atoms with Gasteiger partial charge in [-0.25, -0.2) is 0 Å². The first-order valence-corrected chi connectivity index (χ1v) is 9.27. The highest BCUT2D eigenvalue weighted by molar-refractivity contribution is 7.99. The Labute approximate surface area is 136 Å². The summed E-state index contributed by atoms with van der Waals surface area (Å²) in [5, 5.41) is 5.92. The van der Waals surface area contributed by atoms with E-state index < -0.39 is 0 Å². The molecule has 1 fully saturated rings. The fraction of sp³-hybridized carbons (Fsp3) is 0.625. The highest BCUT2D eigenvalue weighted by atomic mass is 35.5. The first-order valence-electron chi connectivity index (χ1n) is 7.46. The summed E-state index contributed by atoms with van der Waals surface area (Å²) in [5.41, 5.74) is 1.24. The SMILES string of the molecule is CCSC1CCC(NC(CC)c2ccc(Cl)c(Cl)c2)C1. The lowest BCUT2D eigenvalue weighted by Crippen LogP contribution is -2.30. The van der Waals surface area contributed by atoms with Crippen LogP contribution in [-0.4, -0.2) is 17.0 Å². The van der Waals surface area contributed by atoms with Gasteiger partial charge in [0.1, 0.15) is 0 Å². The quantitative estimate of drug-likeness (QED) is 0.716. The van der Waals surface area contributed by atoms with E-state index in [2.05, 4.69) is 37.0 Å². The summed E-state index contributed by atoms with van der Waals surface area (Å²) in [5.74, 6) is 1.22. The zero-order valence-corrected chi connectivity index (χ0v) is 14.5. The molecular formula is C16H23Cl2NS. The molecule has 0 aliphatic heterocycles. The molecule has 2 rings (SSSR count). The molecule has 20 heavy (non-hydrogen) atoms. The Kier molecular flexibility index (Phi) is 6.54. The summed E-state index contributed by atoms with van der Waals surface area (Å²) < 4.78 is 0. The van der Waals surface area contributed by atoms with Crippen molar-refractivity contribution >= 4 is 35.0 Å². The minimum Gasteiger partial charge on any atom is -0.307 e. The topological polar surface area (TPSA) is 12.0 Å². The minimum absolute atomic E-state index is 0.375. The van der Waals surface area contributed by atoms with E-state index in [9.17, 15) is 0 Å². The molecule has 0 spiro atoms. The van der Waals surface area contributed by atoms with Gasteiger partial charge in [0, 0.05) is 17.3 Å². The highest BCUT2D eigenvalue weighted by Crippen LogP contribution is 2.32. The van der Waals surface area contributed by atoms with Gasteiger partial charge in [-0.15, -0.1) is 0 Å². The number of nitrogens with one attached hydrogen (secondary N) is 1. The van der Waals surface area contributed by atoms with Crippen LogP contribution in [0.1, 0.15) is 51.1 Å². The van der Waals surface area contributed by atoms with Gasteiger partial charge in [-0.2, -0.15) is 11.8 Å². The van der Waals surface area contributed by atoms with Crippen molar-refractivity contribution < 1.29 is 0 Å². The number of hydrogen-bond acceptors (Lipinski definition) is 2. The largest absolute Gasteiger partial charge is 0.307 e. The highest BCUT2D eigenvalue weighted by Gasteiger charge is 2.26. The van der Waals surface area contributed by atoms with Crippen LogP contribution >= 0.6 is 35.0 Å². The molecule has 1 aromatic rings. The zero-order valence-electron chi connectivity index (χ0n) is 12.2. The molecule has 0 amide bonds. The fourth-order valence-electron chi connectivity index (χ4n) is 2.94. The molecule has 1 aliphatic rings.